The lowest BCUT2D eigenvalue weighted by Gasteiger charge is -2.32. The maximum Gasteiger partial charge on any atom is 0.130 e. The van der Waals surface area contributed by atoms with E-state index in [0.717, 1.165) is 23.5 Å². The zero-order chi connectivity index (χ0) is 11.4. The van der Waals surface area contributed by atoms with Crippen molar-refractivity contribution in [2.75, 3.05) is 25.0 Å². The van der Waals surface area contributed by atoms with Gasteiger partial charge in [0.25, 0.3) is 0 Å². The van der Waals surface area contributed by atoms with Crippen LogP contribution in [0.1, 0.15) is 19.8 Å². The molecule has 1 aromatic heterocycles. The van der Waals surface area contributed by atoms with Crippen LogP contribution in [0.5, 0.6) is 0 Å². The maximum absolute atomic E-state index is 4.21. The van der Waals surface area contributed by atoms with E-state index in [1.165, 1.54) is 19.4 Å². The molecule has 1 aliphatic heterocycles. The first-order chi connectivity index (χ1) is 7.78. The average Bonchev–Trinajstić information content (AvgIpc) is 2.29. The lowest BCUT2D eigenvalue weighted by atomic mass is 10.1. The van der Waals surface area contributed by atoms with Crippen molar-refractivity contribution in [2.45, 2.75) is 25.8 Å². The molecule has 1 N–H and O–H groups in total. The van der Waals surface area contributed by atoms with Crippen LogP contribution in [-0.4, -0.2) is 40.5 Å². The van der Waals surface area contributed by atoms with Gasteiger partial charge in [-0.25, -0.2) is 9.97 Å². The third-order valence-corrected chi connectivity index (χ3v) is 3.37. The molecule has 0 spiro atoms. The van der Waals surface area contributed by atoms with Crippen LogP contribution >= 0.6 is 15.9 Å². The third-order valence-electron chi connectivity index (χ3n) is 2.94. The summed E-state index contributed by atoms with van der Waals surface area (Å²) in [4.78, 5) is 10.7. The van der Waals surface area contributed by atoms with E-state index in [-0.39, 0.29) is 0 Å². The minimum atomic E-state index is 0.510. The van der Waals surface area contributed by atoms with Crippen molar-refractivity contribution < 1.29 is 0 Å². The van der Waals surface area contributed by atoms with Crippen molar-refractivity contribution in [1.29, 1.82) is 0 Å². The number of rotatable bonds is 3. The molecule has 0 aliphatic carbocycles. The molecule has 4 nitrogen and oxygen atoms in total. The maximum atomic E-state index is 4.21. The van der Waals surface area contributed by atoms with Crippen LogP contribution in [0.2, 0.25) is 0 Å². The first kappa shape index (κ1) is 11.8. The molecule has 1 unspecified atom stereocenters. The highest BCUT2D eigenvalue weighted by atomic mass is 79.9. The summed E-state index contributed by atoms with van der Waals surface area (Å²) in [5.41, 5.74) is 0. The van der Waals surface area contributed by atoms with Gasteiger partial charge in [-0.15, -0.1) is 0 Å². The molecular weight excluding hydrogens is 268 g/mol. The van der Waals surface area contributed by atoms with E-state index in [2.05, 4.69) is 43.0 Å². The highest BCUT2D eigenvalue weighted by Gasteiger charge is 2.18. The Morgan fingerprint density at radius 1 is 1.56 bits per heavy atom. The molecule has 16 heavy (non-hydrogen) atoms. The van der Waals surface area contributed by atoms with Gasteiger partial charge >= 0.3 is 0 Å². The Balaban J connectivity index is 1.94. The SMILES string of the molecule is CCN1CCCC(Nc2cc(Br)ncn2)C1. The summed E-state index contributed by atoms with van der Waals surface area (Å²) in [7, 11) is 0. The van der Waals surface area contributed by atoms with Crippen LogP contribution in [0.25, 0.3) is 0 Å². The van der Waals surface area contributed by atoms with Gasteiger partial charge in [-0.2, -0.15) is 0 Å². The van der Waals surface area contributed by atoms with Crippen LogP contribution in [0.3, 0.4) is 0 Å². The molecule has 1 aromatic rings. The summed E-state index contributed by atoms with van der Waals surface area (Å²) >= 11 is 3.35. The van der Waals surface area contributed by atoms with Gasteiger partial charge in [-0.05, 0) is 41.9 Å². The summed E-state index contributed by atoms with van der Waals surface area (Å²) in [6, 6.07) is 2.43. The van der Waals surface area contributed by atoms with Gasteiger partial charge in [0.05, 0.1) is 0 Å². The zero-order valence-electron chi connectivity index (χ0n) is 9.49. The second-order valence-electron chi connectivity index (χ2n) is 4.10. The van der Waals surface area contributed by atoms with Gasteiger partial charge in [-0.1, -0.05) is 6.92 Å². The normalized spacial score (nSPS) is 22.0. The van der Waals surface area contributed by atoms with E-state index < -0.39 is 0 Å². The first-order valence-corrected chi connectivity index (χ1v) is 6.53. The molecule has 88 valence electrons. The van der Waals surface area contributed by atoms with E-state index in [9.17, 15) is 0 Å². The molecule has 2 heterocycles. The number of hydrogen-bond donors (Lipinski definition) is 1. The van der Waals surface area contributed by atoms with Crippen LogP contribution in [-0.2, 0) is 0 Å². The lowest BCUT2D eigenvalue weighted by molar-refractivity contribution is 0.226. The minimum Gasteiger partial charge on any atom is -0.366 e. The summed E-state index contributed by atoms with van der Waals surface area (Å²) in [5.74, 6) is 0.907. The Morgan fingerprint density at radius 2 is 2.44 bits per heavy atom. The van der Waals surface area contributed by atoms with E-state index in [0.29, 0.717) is 6.04 Å². The number of nitrogens with one attached hydrogen (secondary N) is 1. The Morgan fingerprint density at radius 3 is 3.19 bits per heavy atom. The standard InChI is InChI=1S/C11H17BrN4/c1-2-16-5-3-4-9(7-16)15-11-6-10(12)13-8-14-11/h6,8-9H,2-5,7H2,1H3,(H,13,14,15). The zero-order valence-corrected chi connectivity index (χ0v) is 11.1. The van der Waals surface area contributed by atoms with Crippen LogP contribution in [0.15, 0.2) is 17.0 Å². The number of anilines is 1. The first-order valence-electron chi connectivity index (χ1n) is 5.74. The van der Waals surface area contributed by atoms with Crippen molar-refractivity contribution in [2.24, 2.45) is 0 Å². The largest absolute Gasteiger partial charge is 0.366 e. The van der Waals surface area contributed by atoms with Crippen LogP contribution in [0.4, 0.5) is 5.82 Å². The van der Waals surface area contributed by atoms with E-state index in [1.54, 1.807) is 6.33 Å². The second-order valence-corrected chi connectivity index (χ2v) is 4.92. The molecule has 0 bridgehead atoms. The Hall–Kier alpha value is -0.680. The van der Waals surface area contributed by atoms with Crippen molar-refractivity contribution in [3.8, 4) is 0 Å². The highest BCUT2D eigenvalue weighted by molar-refractivity contribution is 9.10. The monoisotopic (exact) mass is 284 g/mol. The van der Waals surface area contributed by atoms with Crippen molar-refractivity contribution >= 4 is 21.7 Å². The third kappa shape index (κ3) is 3.15. The number of likely N-dealkylation sites (N-methyl/N-ethyl adjacent to an activating group) is 1. The van der Waals surface area contributed by atoms with Gasteiger partial charge in [-0.3, -0.25) is 0 Å². The molecule has 0 aromatic carbocycles. The van der Waals surface area contributed by atoms with Crippen molar-refractivity contribution in [3.63, 3.8) is 0 Å². The number of aromatic nitrogens is 2. The summed E-state index contributed by atoms with van der Waals surface area (Å²) in [6.45, 7) is 5.68. The Labute approximate surface area is 105 Å². The van der Waals surface area contributed by atoms with E-state index in [4.69, 9.17) is 0 Å². The average molecular weight is 285 g/mol. The fourth-order valence-corrected chi connectivity index (χ4v) is 2.39. The summed E-state index contributed by atoms with van der Waals surface area (Å²) < 4.78 is 0.827. The second kappa shape index (κ2) is 5.59. The van der Waals surface area contributed by atoms with E-state index >= 15 is 0 Å². The Bertz CT molecular complexity index is 345. The molecule has 0 saturated carbocycles. The number of halogens is 1. The van der Waals surface area contributed by atoms with Gasteiger partial charge in [0.2, 0.25) is 0 Å². The van der Waals surface area contributed by atoms with Crippen molar-refractivity contribution in [1.82, 2.24) is 14.9 Å². The molecular formula is C11H17BrN4. The topological polar surface area (TPSA) is 41.0 Å². The molecule has 1 atom stereocenters. The minimum absolute atomic E-state index is 0.510. The molecule has 1 aliphatic rings. The van der Waals surface area contributed by atoms with Crippen LogP contribution in [0, 0.1) is 0 Å². The summed E-state index contributed by atoms with van der Waals surface area (Å²) in [5, 5.41) is 3.46. The Kier molecular flexibility index (Phi) is 4.12. The summed E-state index contributed by atoms with van der Waals surface area (Å²) in [6.07, 6.45) is 4.06. The fraction of sp³-hybridized carbons (Fsp3) is 0.636. The molecule has 5 heteroatoms. The molecule has 1 saturated heterocycles. The lowest BCUT2D eigenvalue weighted by Crippen LogP contribution is -2.41. The quantitative estimate of drug-likeness (QED) is 0.864. The fourth-order valence-electron chi connectivity index (χ4n) is 2.08. The smallest absolute Gasteiger partial charge is 0.130 e. The van der Waals surface area contributed by atoms with Crippen molar-refractivity contribution in [3.05, 3.63) is 17.0 Å². The van der Waals surface area contributed by atoms with Crippen LogP contribution < -0.4 is 5.32 Å². The predicted molar refractivity (Wildman–Crippen MR) is 68.5 cm³/mol. The number of likely N-dealkylation sites (tertiary alicyclic amines) is 1. The van der Waals surface area contributed by atoms with Gasteiger partial charge in [0.15, 0.2) is 0 Å². The van der Waals surface area contributed by atoms with Gasteiger partial charge in [0, 0.05) is 18.7 Å². The number of nitrogens with zero attached hydrogens (tertiary/aromatic N) is 3. The number of hydrogen-bond acceptors (Lipinski definition) is 4. The van der Waals surface area contributed by atoms with E-state index in [1.807, 2.05) is 6.07 Å². The predicted octanol–water partition coefficient (Wildman–Crippen LogP) is 2.14. The number of piperidine rings is 1. The molecule has 0 amide bonds. The molecule has 1 fully saturated rings. The molecule has 2 rings (SSSR count). The highest BCUT2D eigenvalue weighted by Crippen LogP contribution is 2.16. The van der Waals surface area contributed by atoms with Gasteiger partial charge < -0.3 is 10.2 Å². The molecule has 0 radical (unpaired) electrons. The van der Waals surface area contributed by atoms with Gasteiger partial charge in [0.1, 0.15) is 16.7 Å².